The third-order valence-electron chi connectivity index (χ3n) is 2.87. The highest BCUT2D eigenvalue weighted by atomic mass is 16.5. The molecule has 23 heavy (non-hydrogen) atoms. The van der Waals surface area contributed by atoms with Crippen LogP contribution < -0.4 is 9.47 Å². The Bertz CT molecular complexity index is 710. The lowest BCUT2D eigenvalue weighted by Gasteiger charge is -2.07. The van der Waals surface area contributed by atoms with Crippen LogP contribution >= 0.6 is 0 Å². The van der Waals surface area contributed by atoms with Crippen molar-refractivity contribution in [1.29, 1.82) is 0 Å². The van der Waals surface area contributed by atoms with Crippen molar-refractivity contribution in [2.45, 2.75) is 6.92 Å². The van der Waals surface area contributed by atoms with Gasteiger partial charge in [-0.1, -0.05) is 6.58 Å². The van der Waals surface area contributed by atoms with Crippen molar-refractivity contribution < 1.29 is 19.7 Å². The van der Waals surface area contributed by atoms with Gasteiger partial charge in [-0.25, -0.2) is 0 Å². The van der Waals surface area contributed by atoms with E-state index in [-0.39, 0.29) is 11.5 Å². The number of hydrogen-bond acceptors (Lipinski definition) is 4. The van der Waals surface area contributed by atoms with Crippen LogP contribution in [0.15, 0.2) is 84.9 Å². The summed E-state index contributed by atoms with van der Waals surface area (Å²) in [6.45, 7) is 5.52. The van der Waals surface area contributed by atoms with Gasteiger partial charge >= 0.3 is 0 Å². The van der Waals surface area contributed by atoms with Gasteiger partial charge in [0, 0.05) is 0 Å². The van der Waals surface area contributed by atoms with Gasteiger partial charge in [-0.3, -0.25) is 0 Å². The van der Waals surface area contributed by atoms with E-state index in [1.165, 1.54) is 0 Å². The van der Waals surface area contributed by atoms with E-state index in [4.69, 9.17) is 9.47 Å². The van der Waals surface area contributed by atoms with Crippen LogP contribution in [0.4, 0.5) is 0 Å². The number of hydrogen-bond donors (Lipinski definition) is 2. The van der Waals surface area contributed by atoms with Crippen molar-refractivity contribution in [3.05, 3.63) is 84.9 Å². The highest BCUT2D eigenvalue weighted by Crippen LogP contribution is 2.20. The highest BCUT2D eigenvalue weighted by Gasteiger charge is 1.98. The second kappa shape index (κ2) is 7.75. The summed E-state index contributed by atoms with van der Waals surface area (Å²) in [5, 5.41) is 18.5. The smallest absolute Gasteiger partial charge is 0.127 e. The first-order chi connectivity index (χ1) is 11.1. The Kier molecular flexibility index (Phi) is 5.47. The maximum absolute atomic E-state index is 9.25. The molecule has 4 heteroatoms. The molecule has 0 aliphatic rings. The Labute approximate surface area is 135 Å². The molecule has 0 spiro atoms. The van der Waals surface area contributed by atoms with E-state index in [0.717, 1.165) is 0 Å². The van der Waals surface area contributed by atoms with E-state index in [1.54, 1.807) is 66.8 Å². The van der Waals surface area contributed by atoms with Crippen molar-refractivity contribution >= 4 is 0 Å². The topological polar surface area (TPSA) is 58.9 Å². The van der Waals surface area contributed by atoms with Crippen molar-refractivity contribution in [3.63, 3.8) is 0 Å². The van der Waals surface area contributed by atoms with Crippen LogP contribution in [0.25, 0.3) is 0 Å². The van der Waals surface area contributed by atoms with Gasteiger partial charge in [0.15, 0.2) is 0 Å². The van der Waals surface area contributed by atoms with Gasteiger partial charge in [-0.2, -0.15) is 0 Å². The van der Waals surface area contributed by atoms with E-state index in [1.807, 2.05) is 6.92 Å². The normalized spacial score (nSPS) is 11.9. The largest absolute Gasteiger partial charge is 0.508 e. The summed E-state index contributed by atoms with van der Waals surface area (Å²) < 4.78 is 11.2. The second-order valence-electron chi connectivity index (χ2n) is 4.74. The molecule has 0 atom stereocenters. The number of rotatable bonds is 6. The van der Waals surface area contributed by atoms with Crippen LogP contribution in [0, 0.1) is 0 Å². The van der Waals surface area contributed by atoms with Crippen molar-refractivity contribution in [2.75, 3.05) is 0 Å². The molecule has 0 saturated heterocycles. The van der Waals surface area contributed by atoms with Gasteiger partial charge in [0.25, 0.3) is 0 Å². The number of benzene rings is 2. The fourth-order valence-corrected chi connectivity index (χ4v) is 1.73. The molecular formula is C19H18O4. The molecule has 0 fully saturated rings. The Morgan fingerprint density at radius 2 is 1.30 bits per heavy atom. The van der Waals surface area contributed by atoms with Gasteiger partial charge in [-0.15, -0.1) is 0 Å². The predicted molar refractivity (Wildman–Crippen MR) is 89.5 cm³/mol. The summed E-state index contributed by atoms with van der Waals surface area (Å²) >= 11 is 0. The minimum Gasteiger partial charge on any atom is -0.508 e. The summed E-state index contributed by atoms with van der Waals surface area (Å²) in [5.41, 5.74) is 0. The minimum absolute atomic E-state index is 0.180. The summed E-state index contributed by atoms with van der Waals surface area (Å²) in [6.07, 6.45) is 5.07. The third-order valence-corrected chi connectivity index (χ3v) is 2.87. The molecule has 4 nitrogen and oxygen atoms in total. The van der Waals surface area contributed by atoms with E-state index >= 15 is 0 Å². The van der Waals surface area contributed by atoms with Gasteiger partial charge < -0.3 is 19.7 Å². The zero-order chi connectivity index (χ0) is 16.7. The molecule has 0 saturated carbocycles. The summed E-state index contributed by atoms with van der Waals surface area (Å²) in [6, 6.07) is 12.9. The molecule has 2 N–H and O–H groups in total. The van der Waals surface area contributed by atoms with Crippen LogP contribution in [-0.4, -0.2) is 10.2 Å². The van der Waals surface area contributed by atoms with Crippen molar-refractivity contribution in [3.8, 4) is 23.0 Å². The number of aromatic hydroxyl groups is 2. The fourth-order valence-electron chi connectivity index (χ4n) is 1.73. The first kappa shape index (κ1) is 16.2. The summed E-state index contributed by atoms with van der Waals surface area (Å²) in [4.78, 5) is 0. The SMILES string of the molecule is C=C/C(=C\C=C(/C)Oc1ccc(O)cc1)Oc1ccc(O)cc1. The van der Waals surface area contributed by atoms with E-state index in [9.17, 15) is 10.2 Å². The first-order valence-electron chi connectivity index (χ1n) is 7.01. The Balaban J connectivity index is 2.03. The highest BCUT2D eigenvalue weighted by molar-refractivity contribution is 5.34. The Morgan fingerprint density at radius 3 is 1.78 bits per heavy atom. The van der Waals surface area contributed by atoms with Crippen LogP contribution in [0.5, 0.6) is 23.0 Å². The molecule has 0 radical (unpaired) electrons. The summed E-state index contributed by atoms with van der Waals surface area (Å²) in [7, 11) is 0. The zero-order valence-corrected chi connectivity index (χ0v) is 12.8. The monoisotopic (exact) mass is 310 g/mol. The molecule has 2 aromatic rings. The number of allylic oxidation sites excluding steroid dienone is 4. The maximum atomic E-state index is 9.25. The quantitative estimate of drug-likeness (QED) is 0.608. The Hall–Kier alpha value is -3.14. The molecule has 0 amide bonds. The predicted octanol–water partition coefficient (Wildman–Crippen LogP) is 4.53. The minimum atomic E-state index is 0.180. The molecule has 0 bridgehead atoms. The molecule has 0 heterocycles. The molecule has 0 aliphatic heterocycles. The lowest BCUT2D eigenvalue weighted by molar-refractivity contribution is 0.422. The van der Waals surface area contributed by atoms with E-state index in [2.05, 4.69) is 6.58 Å². The van der Waals surface area contributed by atoms with Crippen LogP contribution in [-0.2, 0) is 0 Å². The maximum Gasteiger partial charge on any atom is 0.127 e. The molecular weight excluding hydrogens is 292 g/mol. The average molecular weight is 310 g/mol. The first-order valence-corrected chi connectivity index (χ1v) is 7.01. The lowest BCUT2D eigenvalue weighted by Crippen LogP contribution is -1.93. The zero-order valence-electron chi connectivity index (χ0n) is 12.8. The fraction of sp³-hybridized carbons (Fsp3) is 0.0526. The number of phenols is 2. The molecule has 0 unspecified atom stereocenters. The molecule has 2 aromatic carbocycles. The van der Waals surface area contributed by atoms with Crippen molar-refractivity contribution in [2.24, 2.45) is 0 Å². The van der Waals surface area contributed by atoms with Crippen LogP contribution in [0.1, 0.15) is 6.92 Å². The Morgan fingerprint density at radius 1 is 0.826 bits per heavy atom. The van der Waals surface area contributed by atoms with Gasteiger partial charge in [-0.05, 0) is 73.7 Å². The van der Waals surface area contributed by atoms with Gasteiger partial charge in [0.1, 0.15) is 34.5 Å². The molecule has 2 rings (SSSR count). The molecule has 0 aliphatic carbocycles. The summed E-state index contributed by atoms with van der Waals surface area (Å²) in [5.74, 6) is 2.80. The van der Waals surface area contributed by atoms with Crippen LogP contribution in [0.2, 0.25) is 0 Å². The second-order valence-corrected chi connectivity index (χ2v) is 4.74. The molecule has 0 aromatic heterocycles. The third kappa shape index (κ3) is 5.28. The van der Waals surface area contributed by atoms with Gasteiger partial charge in [0.2, 0.25) is 0 Å². The van der Waals surface area contributed by atoms with E-state index < -0.39 is 0 Å². The standard InChI is InChI=1S/C19H18O4/c1-3-17(23-19-12-7-16(21)8-13-19)9-4-14(2)22-18-10-5-15(20)6-11-18/h3-13,20-21H,1H2,2H3/b14-4+,17-9+. The van der Waals surface area contributed by atoms with E-state index in [0.29, 0.717) is 23.0 Å². The molecule has 118 valence electrons. The van der Waals surface area contributed by atoms with Gasteiger partial charge in [0.05, 0.1) is 0 Å². The van der Waals surface area contributed by atoms with Crippen LogP contribution in [0.3, 0.4) is 0 Å². The number of phenolic OH excluding ortho intramolecular Hbond substituents is 2. The average Bonchev–Trinajstić information content (AvgIpc) is 2.55. The van der Waals surface area contributed by atoms with Crippen molar-refractivity contribution in [1.82, 2.24) is 0 Å². The number of ether oxygens (including phenoxy) is 2. The lowest BCUT2D eigenvalue weighted by atomic mass is 10.3.